The second kappa shape index (κ2) is 5.84. The predicted molar refractivity (Wildman–Crippen MR) is 87.4 cm³/mol. The second-order valence-electron chi connectivity index (χ2n) is 5.94. The quantitative estimate of drug-likeness (QED) is 0.838. The highest BCUT2D eigenvalue weighted by atomic mass is 15.3. The van der Waals surface area contributed by atoms with Crippen molar-refractivity contribution < 1.29 is 0 Å². The van der Waals surface area contributed by atoms with E-state index in [0.29, 0.717) is 5.69 Å². The summed E-state index contributed by atoms with van der Waals surface area (Å²) in [6.45, 7) is 3.62. The summed E-state index contributed by atoms with van der Waals surface area (Å²) in [7, 11) is 0. The van der Waals surface area contributed by atoms with E-state index in [4.69, 9.17) is 5.26 Å². The molecule has 6 nitrogen and oxygen atoms in total. The molecule has 2 aliphatic rings. The van der Waals surface area contributed by atoms with Gasteiger partial charge in [-0.25, -0.2) is 15.0 Å². The van der Waals surface area contributed by atoms with E-state index in [1.807, 2.05) is 12.1 Å². The lowest BCUT2D eigenvalue weighted by Gasteiger charge is -2.36. The van der Waals surface area contributed by atoms with Crippen LogP contribution < -0.4 is 9.80 Å². The van der Waals surface area contributed by atoms with E-state index in [9.17, 15) is 0 Å². The summed E-state index contributed by atoms with van der Waals surface area (Å²) in [5.41, 5.74) is 3.03. The third kappa shape index (κ3) is 2.59. The number of rotatable bonds is 2. The zero-order chi connectivity index (χ0) is 15.6. The lowest BCUT2D eigenvalue weighted by atomic mass is 10.2. The number of nitrogens with zero attached hydrogens (tertiary/aromatic N) is 6. The lowest BCUT2D eigenvalue weighted by Crippen LogP contribution is -2.47. The van der Waals surface area contributed by atoms with Gasteiger partial charge in [0.25, 0.3) is 0 Å². The predicted octanol–water partition coefficient (Wildman–Crippen LogP) is 1.56. The molecule has 6 heteroatoms. The Morgan fingerprint density at radius 1 is 1.00 bits per heavy atom. The van der Waals surface area contributed by atoms with E-state index in [1.54, 1.807) is 12.4 Å². The van der Waals surface area contributed by atoms with Gasteiger partial charge in [-0.1, -0.05) is 6.07 Å². The summed E-state index contributed by atoms with van der Waals surface area (Å²) in [6, 6.07) is 7.71. The van der Waals surface area contributed by atoms with Gasteiger partial charge in [0.1, 0.15) is 29.7 Å². The molecule has 116 valence electrons. The molecule has 3 heterocycles. The number of pyridine rings is 1. The number of nitriles is 1. The fourth-order valence-corrected chi connectivity index (χ4v) is 3.42. The van der Waals surface area contributed by atoms with Crippen molar-refractivity contribution in [3.8, 4) is 6.07 Å². The Balaban J connectivity index is 1.49. The maximum Gasteiger partial charge on any atom is 0.142 e. The van der Waals surface area contributed by atoms with Crippen LogP contribution in [0.15, 0.2) is 24.5 Å². The summed E-state index contributed by atoms with van der Waals surface area (Å²) < 4.78 is 0. The van der Waals surface area contributed by atoms with Gasteiger partial charge in [-0.2, -0.15) is 5.26 Å². The van der Waals surface area contributed by atoms with Gasteiger partial charge in [-0.15, -0.1) is 0 Å². The number of aromatic nitrogens is 3. The molecule has 23 heavy (non-hydrogen) atoms. The van der Waals surface area contributed by atoms with E-state index < -0.39 is 0 Å². The number of piperazine rings is 1. The number of aryl methyl sites for hydroxylation is 1. The highest BCUT2D eigenvalue weighted by molar-refractivity contribution is 5.52. The van der Waals surface area contributed by atoms with Crippen LogP contribution in [0, 0.1) is 11.3 Å². The molecule has 2 aromatic heterocycles. The molecule has 4 rings (SSSR count). The van der Waals surface area contributed by atoms with E-state index in [0.717, 1.165) is 50.7 Å². The van der Waals surface area contributed by atoms with Crippen LogP contribution in [0.4, 0.5) is 11.6 Å². The minimum absolute atomic E-state index is 0.471. The maximum atomic E-state index is 8.99. The highest BCUT2D eigenvalue weighted by Gasteiger charge is 2.24. The molecule has 0 unspecified atom stereocenters. The average molecular weight is 306 g/mol. The van der Waals surface area contributed by atoms with Crippen LogP contribution >= 0.6 is 0 Å². The third-order valence-corrected chi connectivity index (χ3v) is 4.60. The van der Waals surface area contributed by atoms with Gasteiger partial charge >= 0.3 is 0 Å². The Morgan fingerprint density at radius 3 is 2.65 bits per heavy atom. The minimum atomic E-state index is 0.471. The monoisotopic (exact) mass is 306 g/mol. The first-order valence-corrected chi connectivity index (χ1v) is 8.05. The van der Waals surface area contributed by atoms with E-state index in [-0.39, 0.29) is 0 Å². The van der Waals surface area contributed by atoms with Gasteiger partial charge in [0.05, 0.1) is 0 Å². The maximum absolute atomic E-state index is 8.99. The molecule has 0 amide bonds. The number of hydrogen-bond donors (Lipinski definition) is 0. The fraction of sp³-hybridized carbons (Fsp3) is 0.412. The molecular weight excluding hydrogens is 288 g/mol. The Bertz CT molecular complexity index is 758. The molecular formula is C17H18N6. The van der Waals surface area contributed by atoms with Crippen molar-refractivity contribution >= 4 is 11.6 Å². The minimum Gasteiger partial charge on any atom is -0.353 e. The lowest BCUT2D eigenvalue weighted by molar-refractivity contribution is 0.638. The van der Waals surface area contributed by atoms with E-state index in [2.05, 4.69) is 30.8 Å². The summed E-state index contributed by atoms with van der Waals surface area (Å²) in [5.74, 6) is 2.00. The molecule has 0 aromatic carbocycles. The van der Waals surface area contributed by atoms with Gasteiger partial charge in [0.15, 0.2) is 0 Å². The molecule has 1 fully saturated rings. The summed E-state index contributed by atoms with van der Waals surface area (Å²) >= 11 is 0. The Morgan fingerprint density at radius 2 is 1.83 bits per heavy atom. The SMILES string of the molecule is N#Cc1cccc(N2CCN(c3ncnc4c3CCC4)CC2)n1. The first-order valence-electron chi connectivity index (χ1n) is 8.05. The fourth-order valence-electron chi connectivity index (χ4n) is 3.42. The summed E-state index contributed by atoms with van der Waals surface area (Å²) in [4.78, 5) is 17.9. The number of anilines is 2. The molecule has 0 bridgehead atoms. The van der Waals surface area contributed by atoms with Gasteiger partial charge in [-0.3, -0.25) is 0 Å². The van der Waals surface area contributed by atoms with Crippen LogP contribution in [0.5, 0.6) is 0 Å². The molecule has 1 saturated heterocycles. The highest BCUT2D eigenvalue weighted by Crippen LogP contribution is 2.28. The van der Waals surface area contributed by atoms with Crippen LogP contribution in [-0.2, 0) is 12.8 Å². The Labute approximate surface area is 135 Å². The largest absolute Gasteiger partial charge is 0.353 e. The van der Waals surface area contributed by atoms with Crippen molar-refractivity contribution in [3.05, 3.63) is 41.5 Å². The van der Waals surface area contributed by atoms with Crippen molar-refractivity contribution in [1.82, 2.24) is 15.0 Å². The molecule has 0 spiro atoms. The van der Waals surface area contributed by atoms with Crippen molar-refractivity contribution in [2.24, 2.45) is 0 Å². The Hall–Kier alpha value is -2.68. The number of fused-ring (bicyclic) bond motifs is 1. The van der Waals surface area contributed by atoms with Crippen LogP contribution in [0.2, 0.25) is 0 Å². The zero-order valence-corrected chi connectivity index (χ0v) is 12.9. The first kappa shape index (κ1) is 13.9. The molecule has 2 aromatic rings. The van der Waals surface area contributed by atoms with Crippen LogP contribution in [0.25, 0.3) is 0 Å². The number of hydrogen-bond acceptors (Lipinski definition) is 6. The zero-order valence-electron chi connectivity index (χ0n) is 12.9. The van der Waals surface area contributed by atoms with Gasteiger partial charge in [0.2, 0.25) is 0 Å². The summed E-state index contributed by atoms with van der Waals surface area (Å²) in [5, 5.41) is 8.99. The standard InChI is InChI=1S/C17H18N6/c18-11-13-3-1-6-16(21-13)22-7-9-23(10-8-22)17-14-4-2-5-15(14)19-12-20-17/h1,3,6,12H,2,4-5,7-10H2. The topological polar surface area (TPSA) is 68.9 Å². The van der Waals surface area contributed by atoms with Gasteiger partial charge in [-0.05, 0) is 31.4 Å². The van der Waals surface area contributed by atoms with Gasteiger partial charge < -0.3 is 9.80 Å². The molecule has 0 N–H and O–H groups in total. The van der Waals surface area contributed by atoms with Crippen LogP contribution in [0.3, 0.4) is 0 Å². The van der Waals surface area contributed by atoms with Crippen molar-refractivity contribution in [2.45, 2.75) is 19.3 Å². The van der Waals surface area contributed by atoms with Crippen molar-refractivity contribution in [2.75, 3.05) is 36.0 Å². The summed E-state index contributed by atoms with van der Waals surface area (Å²) in [6.07, 6.45) is 5.06. The van der Waals surface area contributed by atoms with Crippen LogP contribution in [-0.4, -0.2) is 41.1 Å². The molecule has 0 atom stereocenters. The molecule has 0 radical (unpaired) electrons. The van der Waals surface area contributed by atoms with Crippen LogP contribution in [0.1, 0.15) is 23.4 Å². The Kier molecular flexibility index (Phi) is 3.54. The van der Waals surface area contributed by atoms with E-state index in [1.165, 1.54) is 17.7 Å². The van der Waals surface area contributed by atoms with Gasteiger partial charge in [0, 0.05) is 37.4 Å². The first-order chi connectivity index (χ1) is 11.3. The molecule has 1 aliphatic heterocycles. The second-order valence-corrected chi connectivity index (χ2v) is 5.94. The smallest absolute Gasteiger partial charge is 0.142 e. The van der Waals surface area contributed by atoms with Crippen molar-refractivity contribution in [3.63, 3.8) is 0 Å². The van der Waals surface area contributed by atoms with E-state index >= 15 is 0 Å². The molecule has 0 saturated carbocycles. The van der Waals surface area contributed by atoms with Crippen molar-refractivity contribution in [1.29, 1.82) is 5.26 Å². The average Bonchev–Trinajstić information content (AvgIpc) is 3.11. The normalized spacial score (nSPS) is 17.0. The third-order valence-electron chi connectivity index (χ3n) is 4.60. The molecule has 1 aliphatic carbocycles.